The van der Waals surface area contributed by atoms with E-state index in [1.54, 1.807) is 6.92 Å². The SMILES string of the molecule is CC(NC(=O)CN(c1ccc(Cl)c(C(F)(F)F)c1)S(C)(=O)=O)c1ccc(N2CCCCC2)cc1. The zero-order valence-electron chi connectivity index (χ0n) is 18.9. The molecule has 1 unspecified atom stereocenters. The van der Waals surface area contributed by atoms with Crippen molar-refractivity contribution in [1.29, 1.82) is 0 Å². The maximum absolute atomic E-state index is 13.2. The molecular weight excluding hydrogens is 491 g/mol. The fraction of sp³-hybridized carbons (Fsp3) is 0.435. The second-order valence-corrected chi connectivity index (χ2v) is 10.7. The quantitative estimate of drug-likeness (QED) is 0.561. The number of nitrogens with one attached hydrogen (secondary N) is 1. The van der Waals surface area contributed by atoms with Gasteiger partial charge in [0.25, 0.3) is 0 Å². The Hall–Kier alpha value is -2.46. The second kappa shape index (κ2) is 10.4. The molecule has 0 spiro atoms. The van der Waals surface area contributed by atoms with E-state index < -0.39 is 45.3 Å². The standard InChI is InChI=1S/C23H27ClF3N3O3S/c1-16(17-6-8-18(9-7-17)29-12-4-3-5-13-29)28-22(31)15-30(34(2,32)33)19-10-11-21(24)20(14-19)23(25,26)27/h6-11,14,16H,3-5,12-13,15H2,1-2H3,(H,28,31). The molecule has 6 nitrogen and oxygen atoms in total. The number of benzene rings is 2. The Kier molecular flexibility index (Phi) is 8.02. The van der Waals surface area contributed by atoms with Gasteiger partial charge in [-0.1, -0.05) is 23.7 Å². The van der Waals surface area contributed by atoms with E-state index in [4.69, 9.17) is 11.6 Å². The van der Waals surface area contributed by atoms with Gasteiger partial charge >= 0.3 is 6.18 Å². The first-order chi connectivity index (χ1) is 15.9. The summed E-state index contributed by atoms with van der Waals surface area (Å²) in [6.45, 7) is 3.10. The van der Waals surface area contributed by atoms with Crippen LogP contribution in [0.3, 0.4) is 0 Å². The third kappa shape index (κ3) is 6.56. The maximum Gasteiger partial charge on any atom is 0.417 e. The van der Waals surface area contributed by atoms with Gasteiger partial charge in [0.1, 0.15) is 6.54 Å². The molecule has 186 valence electrons. The molecule has 3 rings (SSSR count). The Labute approximate surface area is 202 Å². The number of hydrogen-bond acceptors (Lipinski definition) is 4. The average Bonchev–Trinajstić information content (AvgIpc) is 2.77. The number of nitrogens with zero attached hydrogens (tertiary/aromatic N) is 2. The topological polar surface area (TPSA) is 69.7 Å². The molecule has 2 aromatic rings. The van der Waals surface area contributed by atoms with Crippen LogP contribution in [0.2, 0.25) is 5.02 Å². The van der Waals surface area contributed by atoms with Gasteiger partial charge in [0, 0.05) is 18.8 Å². The van der Waals surface area contributed by atoms with Crippen LogP contribution >= 0.6 is 11.6 Å². The van der Waals surface area contributed by atoms with Crippen LogP contribution in [0.15, 0.2) is 42.5 Å². The Morgan fingerprint density at radius 3 is 2.29 bits per heavy atom. The van der Waals surface area contributed by atoms with E-state index in [-0.39, 0.29) is 5.69 Å². The third-order valence-corrected chi connectivity index (χ3v) is 7.19. The fourth-order valence-electron chi connectivity index (χ4n) is 3.91. The third-order valence-electron chi connectivity index (χ3n) is 5.72. The molecule has 11 heteroatoms. The number of sulfonamides is 1. The van der Waals surface area contributed by atoms with Gasteiger partial charge in [0.2, 0.25) is 15.9 Å². The van der Waals surface area contributed by atoms with Crippen molar-refractivity contribution in [3.8, 4) is 0 Å². The molecular formula is C23H27ClF3N3O3S. The zero-order valence-corrected chi connectivity index (χ0v) is 20.5. The molecule has 1 fully saturated rings. The maximum atomic E-state index is 13.2. The van der Waals surface area contributed by atoms with Crippen molar-refractivity contribution in [2.24, 2.45) is 0 Å². The van der Waals surface area contributed by atoms with Crippen molar-refractivity contribution < 1.29 is 26.4 Å². The van der Waals surface area contributed by atoms with Gasteiger partial charge < -0.3 is 10.2 Å². The highest BCUT2D eigenvalue weighted by molar-refractivity contribution is 7.92. The molecule has 1 atom stereocenters. The number of rotatable bonds is 7. The number of carbonyl (C=O) groups excluding carboxylic acids is 1. The molecule has 0 saturated carbocycles. The van der Waals surface area contributed by atoms with E-state index in [0.29, 0.717) is 10.4 Å². The summed E-state index contributed by atoms with van der Waals surface area (Å²) < 4.78 is 64.9. The summed E-state index contributed by atoms with van der Waals surface area (Å²) in [5, 5.41) is 2.16. The summed E-state index contributed by atoms with van der Waals surface area (Å²) in [6, 6.07) is 10.1. The van der Waals surface area contributed by atoms with Gasteiger partial charge in [-0.3, -0.25) is 9.10 Å². The van der Waals surface area contributed by atoms with Crippen LogP contribution in [-0.2, 0) is 21.0 Å². The Balaban J connectivity index is 1.72. The highest BCUT2D eigenvalue weighted by Gasteiger charge is 2.34. The summed E-state index contributed by atoms with van der Waals surface area (Å²) >= 11 is 5.63. The first kappa shape index (κ1) is 26.2. The van der Waals surface area contributed by atoms with Crippen molar-refractivity contribution in [1.82, 2.24) is 5.32 Å². The molecule has 0 radical (unpaired) electrons. The molecule has 1 amide bonds. The Morgan fingerprint density at radius 2 is 1.74 bits per heavy atom. The van der Waals surface area contributed by atoms with Crippen molar-refractivity contribution in [3.05, 3.63) is 58.6 Å². The normalized spacial score (nSPS) is 15.6. The Bertz CT molecular complexity index is 1120. The van der Waals surface area contributed by atoms with E-state index in [2.05, 4.69) is 10.2 Å². The van der Waals surface area contributed by atoms with Crippen LogP contribution in [0.1, 0.15) is 43.4 Å². The molecule has 0 aromatic heterocycles. The van der Waals surface area contributed by atoms with Crippen LogP contribution in [0.4, 0.5) is 24.5 Å². The highest BCUT2D eigenvalue weighted by Crippen LogP contribution is 2.37. The number of hydrogen-bond donors (Lipinski definition) is 1. The van der Waals surface area contributed by atoms with Crippen LogP contribution in [0, 0.1) is 0 Å². The lowest BCUT2D eigenvalue weighted by molar-refractivity contribution is -0.137. The lowest BCUT2D eigenvalue weighted by atomic mass is 10.1. The fourth-order valence-corrected chi connectivity index (χ4v) is 4.99. The summed E-state index contributed by atoms with van der Waals surface area (Å²) in [5.41, 5.74) is 0.454. The van der Waals surface area contributed by atoms with Gasteiger partial charge in [-0.2, -0.15) is 13.2 Å². The van der Waals surface area contributed by atoms with Gasteiger partial charge in [0.15, 0.2) is 0 Å². The van der Waals surface area contributed by atoms with Gasteiger partial charge in [-0.15, -0.1) is 0 Å². The first-order valence-corrected chi connectivity index (χ1v) is 13.1. The first-order valence-electron chi connectivity index (χ1n) is 10.8. The monoisotopic (exact) mass is 517 g/mol. The largest absolute Gasteiger partial charge is 0.417 e. The predicted octanol–water partition coefficient (Wildman–Crippen LogP) is 4.99. The number of halogens is 4. The molecule has 0 aliphatic carbocycles. The molecule has 34 heavy (non-hydrogen) atoms. The Morgan fingerprint density at radius 1 is 1.12 bits per heavy atom. The smallest absolute Gasteiger partial charge is 0.372 e. The molecule has 0 bridgehead atoms. The number of anilines is 2. The highest BCUT2D eigenvalue weighted by atomic mass is 35.5. The predicted molar refractivity (Wildman–Crippen MR) is 128 cm³/mol. The molecule has 1 heterocycles. The minimum atomic E-state index is -4.77. The zero-order chi connectivity index (χ0) is 25.1. The van der Waals surface area contributed by atoms with Crippen LogP contribution in [-0.4, -0.2) is 40.2 Å². The van der Waals surface area contributed by atoms with Crippen LogP contribution in [0.5, 0.6) is 0 Å². The summed E-state index contributed by atoms with van der Waals surface area (Å²) in [5.74, 6) is -0.651. The minimum absolute atomic E-state index is 0.298. The summed E-state index contributed by atoms with van der Waals surface area (Å²) in [4.78, 5) is 15.0. The molecule has 2 aromatic carbocycles. The lowest BCUT2D eigenvalue weighted by Gasteiger charge is -2.29. The second-order valence-electron chi connectivity index (χ2n) is 8.36. The minimum Gasteiger partial charge on any atom is -0.372 e. The van der Waals surface area contributed by atoms with Crippen molar-refractivity contribution in [3.63, 3.8) is 0 Å². The van der Waals surface area contributed by atoms with E-state index in [1.165, 1.54) is 6.42 Å². The van der Waals surface area contributed by atoms with Gasteiger partial charge in [0.05, 0.1) is 28.6 Å². The average molecular weight is 518 g/mol. The lowest BCUT2D eigenvalue weighted by Crippen LogP contribution is -2.41. The van der Waals surface area contributed by atoms with Gasteiger partial charge in [-0.25, -0.2) is 8.42 Å². The van der Waals surface area contributed by atoms with Crippen molar-refractivity contribution >= 4 is 38.9 Å². The summed E-state index contributed by atoms with van der Waals surface area (Å²) in [7, 11) is -4.05. The van der Waals surface area contributed by atoms with E-state index >= 15 is 0 Å². The van der Waals surface area contributed by atoms with E-state index in [9.17, 15) is 26.4 Å². The van der Waals surface area contributed by atoms with Crippen LogP contribution < -0.4 is 14.5 Å². The number of alkyl halides is 3. The molecule has 1 aliphatic heterocycles. The number of amides is 1. The van der Waals surface area contributed by atoms with Crippen molar-refractivity contribution in [2.45, 2.75) is 38.4 Å². The summed E-state index contributed by atoms with van der Waals surface area (Å²) in [6.07, 6.45) is -0.403. The van der Waals surface area contributed by atoms with Crippen LogP contribution in [0.25, 0.3) is 0 Å². The van der Waals surface area contributed by atoms with Gasteiger partial charge in [-0.05, 0) is 62.1 Å². The van der Waals surface area contributed by atoms with E-state index in [1.807, 2.05) is 24.3 Å². The molecule has 1 N–H and O–H groups in total. The molecule has 1 saturated heterocycles. The number of piperidine rings is 1. The molecule has 1 aliphatic rings. The number of carbonyl (C=O) groups is 1. The van der Waals surface area contributed by atoms with Crippen molar-refractivity contribution in [2.75, 3.05) is 35.1 Å². The van der Waals surface area contributed by atoms with E-state index in [0.717, 1.165) is 55.6 Å².